The number of rotatable bonds is 5. The van der Waals surface area contributed by atoms with Gasteiger partial charge in [0.25, 0.3) is 17.5 Å². The van der Waals surface area contributed by atoms with Crippen molar-refractivity contribution < 1.29 is 22.8 Å². The van der Waals surface area contributed by atoms with E-state index in [4.69, 9.17) is 23.2 Å². The largest absolute Gasteiger partial charge is 0.440 e. The minimum Gasteiger partial charge on any atom is -0.367 e. The number of aromatic nitrogens is 3. The van der Waals surface area contributed by atoms with Gasteiger partial charge in [-0.2, -0.15) is 13.2 Å². The lowest BCUT2D eigenvalue weighted by molar-refractivity contribution is -0.213. The Bertz CT molecular complexity index is 1280. The molecular formula is C19H13Cl2F3N6O2. The molecule has 4 rings (SSSR count). The summed E-state index contributed by atoms with van der Waals surface area (Å²) in [4.78, 5) is 33.4. The summed E-state index contributed by atoms with van der Waals surface area (Å²) in [6.45, 7) is 3.85. The van der Waals surface area contributed by atoms with Gasteiger partial charge < -0.3 is 10.6 Å². The number of fused-ring (bicyclic) bond motifs is 3. The van der Waals surface area contributed by atoms with Crippen molar-refractivity contribution in [3.8, 4) is 0 Å². The summed E-state index contributed by atoms with van der Waals surface area (Å²) in [5.74, 6) is -2.94. The maximum atomic E-state index is 14.4. The van der Waals surface area contributed by atoms with Crippen molar-refractivity contribution in [2.45, 2.75) is 11.8 Å². The zero-order chi connectivity index (χ0) is 23.3. The number of anilines is 2. The van der Waals surface area contributed by atoms with Crippen LogP contribution in [0.1, 0.15) is 10.5 Å². The molecule has 0 saturated carbocycles. The molecule has 3 heterocycles. The summed E-state index contributed by atoms with van der Waals surface area (Å²) < 4.78 is 43.8. The Morgan fingerprint density at radius 2 is 1.97 bits per heavy atom. The average molecular weight is 485 g/mol. The van der Waals surface area contributed by atoms with Gasteiger partial charge in [-0.3, -0.25) is 19.5 Å². The monoisotopic (exact) mass is 484 g/mol. The van der Waals surface area contributed by atoms with Gasteiger partial charge in [-0.15, -0.1) is 6.58 Å². The van der Waals surface area contributed by atoms with Crippen LogP contribution in [0.4, 0.5) is 24.9 Å². The zero-order valence-corrected chi connectivity index (χ0v) is 17.4. The van der Waals surface area contributed by atoms with E-state index in [1.54, 1.807) is 6.08 Å². The third kappa shape index (κ3) is 3.33. The molecule has 0 aliphatic carbocycles. The molecule has 1 aliphatic rings. The van der Waals surface area contributed by atoms with Crippen LogP contribution in [0.3, 0.4) is 0 Å². The second-order valence-electron chi connectivity index (χ2n) is 6.72. The van der Waals surface area contributed by atoms with Gasteiger partial charge >= 0.3 is 6.18 Å². The van der Waals surface area contributed by atoms with Gasteiger partial charge in [0.15, 0.2) is 0 Å². The van der Waals surface area contributed by atoms with Gasteiger partial charge in [-0.05, 0) is 24.3 Å². The van der Waals surface area contributed by atoms with Crippen LogP contribution < -0.4 is 16.0 Å². The molecule has 0 radical (unpaired) electrons. The summed E-state index contributed by atoms with van der Waals surface area (Å²) >= 11 is 11.9. The quantitative estimate of drug-likeness (QED) is 0.476. The minimum atomic E-state index is -5.25. The first-order chi connectivity index (χ1) is 15.1. The molecule has 13 heteroatoms. The first-order valence-electron chi connectivity index (χ1n) is 8.99. The fourth-order valence-corrected chi connectivity index (χ4v) is 3.61. The summed E-state index contributed by atoms with van der Waals surface area (Å²) in [6, 6.07) is 6.57. The number of nitrogens with zero attached hydrogens (tertiary/aromatic N) is 3. The first kappa shape index (κ1) is 21.9. The summed E-state index contributed by atoms with van der Waals surface area (Å²) in [6.07, 6.45) is -3.71. The maximum Gasteiger partial charge on any atom is 0.440 e. The number of carbonyl (C=O) groups excluding carboxylic acids is 2. The Hall–Kier alpha value is -3.31. The van der Waals surface area contributed by atoms with Crippen molar-refractivity contribution in [2.75, 3.05) is 17.2 Å². The normalized spacial score (nSPS) is 17.7. The third-order valence-electron chi connectivity index (χ3n) is 4.70. The molecule has 1 unspecified atom stereocenters. The first-order valence-corrected chi connectivity index (χ1v) is 9.74. The second kappa shape index (κ2) is 7.68. The van der Waals surface area contributed by atoms with Crippen LogP contribution in [0.25, 0.3) is 11.0 Å². The van der Waals surface area contributed by atoms with Crippen molar-refractivity contribution in [1.29, 1.82) is 0 Å². The molecule has 0 saturated heterocycles. The summed E-state index contributed by atoms with van der Waals surface area (Å²) in [7, 11) is 0. The standard InChI is InChI=1S/C19H13Cl2F3N6O2/c1-2-6-25-14-5-3-4-11(26-14)15(31)29-18(19(22,23)24)16(32)28-17-27-12-7-9(20)10(21)8-13(12)30(17)18/h2-5,7-8H,1,6H2,(H,25,26)(H,29,31)(H,27,28,32). The van der Waals surface area contributed by atoms with E-state index in [2.05, 4.69) is 27.2 Å². The molecule has 1 aromatic carbocycles. The zero-order valence-electron chi connectivity index (χ0n) is 15.9. The predicted octanol–water partition coefficient (Wildman–Crippen LogP) is 3.93. The Balaban J connectivity index is 1.84. The molecule has 1 atom stereocenters. The number of hydrogen-bond acceptors (Lipinski definition) is 5. The van der Waals surface area contributed by atoms with Crippen molar-refractivity contribution in [3.05, 3.63) is 58.7 Å². The maximum absolute atomic E-state index is 14.4. The van der Waals surface area contributed by atoms with Crippen LogP contribution in [0.2, 0.25) is 10.0 Å². The molecule has 166 valence electrons. The topological polar surface area (TPSA) is 101 Å². The minimum absolute atomic E-state index is 0.0472. The van der Waals surface area contributed by atoms with E-state index in [1.165, 1.54) is 24.3 Å². The fourth-order valence-electron chi connectivity index (χ4n) is 3.29. The Morgan fingerprint density at radius 3 is 2.66 bits per heavy atom. The number of imidazole rings is 1. The van der Waals surface area contributed by atoms with E-state index < -0.39 is 29.6 Å². The fraction of sp³-hybridized carbons (Fsp3) is 0.158. The lowest BCUT2D eigenvalue weighted by Crippen LogP contribution is -2.63. The highest BCUT2D eigenvalue weighted by atomic mass is 35.5. The predicted molar refractivity (Wildman–Crippen MR) is 113 cm³/mol. The van der Waals surface area contributed by atoms with Crippen LogP contribution in [-0.2, 0) is 10.5 Å². The van der Waals surface area contributed by atoms with Crippen molar-refractivity contribution >= 4 is 57.8 Å². The van der Waals surface area contributed by atoms with Gasteiger partial charge in [0.05, 0.1) is 21.1 Å². The number of benzene rings is 1. The smallest absolute Gasteiger partial charge is 0.367 e. The van der Waals surface area contributed by atoms with Gasteiger partial charge in [0, 0.05) is 6.54 Å². The van der Waals surface area contributed by atoms with Crippen LogP contribution in [-0.4, -0.2) is 39.1 Å². The number of amides is 2. The highest BCUT2D eigenvalue weighted by Crippen LogP contribution is 2.45. The van der Waals surface area contributed by atoms with E-state index in [0.29, 0.717) is 11.1 Å². The van der Waals surface area contributed by atoms with E-state index in [9.17, 15) is 22.8 Å². The number of pyridine rings is 1. The molecule has 0 spiro atoms. The van der Waals surface area contributed by atoms with Crippen LogP contribution >= 0.6 is 23.2 Å². The molecule has 32 heavy (non-hydrogen) atoms. The van der Waals surface area contributed by atoms with Gasteiger partial charge in [-0.1, -0.05) is 35.3 Å². The molecule has 8 nitrogen and oxygen atoms in total. The van der Waals surface area contributed by atoms with Crippen molar-refractivity contribution in [1.82, 2.24) is 19.9 Å². The Morgan fingerprint density at radius 1 is 1.25 bits per heavy atom. The van der Waals surface area contributed by atoms with Crippen LogP contribution in [0.15, 0.2) is 43.0 Å². The van der Waals surface area contributed by atoms with E-state index in [0.717, 1.165) is 6.07 Å². The molecule has 1 aliphatic heterocycles. The Labute approximate surface area is 188 Å². The van der Waals surface area contributed by atoms with Gasteiger partial charge in [-0.25, -0.2) is 9.97 Å². The highest BCUT2D eigenvalue weighted by molar-refractivity contribution is 6.42. The van der Waals surface area contributed by atoms with Crippen LogP contribution in [0.5, 0.6) is 0 Å². The molecule has 3 aromatic rings. The highest BCUT2D eigenvalue weighted by Gasteiger charge is 2.67. The molecule has 0 fully saturated rings. The lowest BCUT2D eigenvalue weighted by Gasteiger charge is -2.31. The molecule has 2 amide bonds. The number of halogens is 5. The second-order valence-corrected chi connectivity index (χ2v) is 7.53. The Kier molecular flexibility index (Phi) is 5.25. The number of hydrogen-bond donors (Lipinski definition) is 3. The summed E-state index contributed by atoms with van der Waals surface area (Å²) in [5, 5.41) is 6.72. The van der Waals surface area contributed by atoms with Crippen molar-refractivity contribution in [2.24, 2.45) is 0 Å². The lowest BCUT2D eigenvalue weighted by atomic mass is 10.1. The third-order valence-corrected chi connectivity index (χ3v) is 5.42. The van der Waals surface area contributed by atoms with E-state index >= 15 is 0 Å². The number of alkyl halides is 3. The number of carbonyl (C=O) groups is 2. The van der Waals surface area contributed by atoms with E-state index in [1.807, 2.05) is 5.32 Å². The van der Waals surface area contributed by atoms with Crippen molar-refractivity contribution in [3.63, 3.8) is 0 Å². The van der Waals surface area contributed by atoms with Gasteiger partial charge in [0.1, 0.15) is 11.5 Å². The SMILES string of the molecule is C=CCNc1cccc(C(=O)NC2(C(F)(F)F)C(=O)Nc3nc4cc(Cl)c(Cl)cc4n32)n1. The van der Waals surface area contributed by atoms with Gasteiger partial charge in [0.2, 0.25) is 5.95 Å². The summed E-state index contributed by atoms with van der Waals surface area (Å²) in [5.41, 5.74) is -3.93. The molecule has 0 bridgehead atoms. The molecule has 2 aromatic heterocycles. The number of nitrogens with one attached hydrogen (secondary N) is 3. The van der Waals surface area contributed by atoms with E-state index in [-0.39, 0.29) is 32.6 Å². The molecule has 3 N–H and O–H groups in total. The van der Waals surface area contributed by atoms with Crippen LogP contribution in [0, 0.1) is 0 Å². The average Bonchev–Trinajstić information content (AvgIpc) is 3.20. The molecular weight excluding hydrogens is 472 g/mol.